The molecular formula is C15H13NO. The van der Waals surface area contributed by atoms with Crippen molar-refractivity contribution in [1.29, 1.82) is 0 Å². The summed E-state index contributed by atoms with van der Waals surface area (Å²) in [5, 5.41) is 0. The molecule has 17 heavy (non-hydrogen) atoms. The minimum atomic E-state index is 0.701. The highest BCUT2D eigenvalue weighted by molar-refractivity contribution is 5.76. The normalized spacial score (nSPS) is 10.9. The monoisotopic (exact) mass is 223 g/mol. The topological polar surface area (TPSA) is 26.0 Å². The van der Waals surface area contributed by atoms with Crippen molar-refractivity contribution in [2.24, 2.45) is 0 Å². The molecule has 0 fully saturated rings. The van der Waals surface area contributed by atoms with E-state index in [1.165, 1.54) is 11.1 Å². The second-order valence-corrected chi connectivity index (χ2v) is 4.31. The van der Waals surface area contributed by atoms with Crippen LogP contribution >= 0.6 is 0 Å². The molecule has 84 valence electrons. The number of rotatable bonds is 1. The lowest BCUT2D eigenvalue weighted by atomic mass is 10.1. The quantitative estimate of drug-likeness (QED) is 0.620. The van der Waals surface area contributed by atoms with Gasteiger partial charge in [-0.1, -0.05) is 29.8 Å². The predicted octanol–water partition coefficient (Wildman–Crippen LogP) is 4.11. The van der Waals surface area contributed by atoms with Gasteiger partial charge in [-0.3, -0.25) is 0 Å². The van der Waals surface area contributed by atoms with Gasteiger partial charge in [0.15, 0.2) is 5.58 Å². The molecule has 0 radical (unpaired) electrons. The zero-order chi connectivity index (χ0) is 11.8. The van der Waals surface area contributed by atoms with Crippen molar-refractivity contribution in [2.45, 2.75) is 13.8 Å². The Labute approximate surface area is 99.9 Å². The van der Waals surface area contributed by atoms with Crippen LogP contribution in [0.25, 0.3) is 22.6 Å². The molecule has 0 aliphatic carbocycles. The van der Waals surface area contributed by atoms with E-state index in [2.05, 4.69) is 37.0 Å². The molecule has 1 heterocycles. The Morgan fingerprint density at radius 2 is 1.82 bits per heavy atom. The fourth-order valence-electron chi connectivity index (χ4n) is 1.95. The van der Waals surface area contributed by atoms with Crippen LogP contribution in [0.15, 0.2) is 46.9 Å². The number of benzene rings is 2. The highest BCUT2D eigenvalue weighted by Crippen LogP contribution is 2.27. The summed E-state index contributed by atoms with van der Waals surface area (Å²) in [4.78, 5) is 4.52. The van der Waals surface area contributed by atoms with Gasteiger partial charge in [0.25, 0.3) is 0 Å². The van der Waals surface area contributed by atoms with Crippen molar-refractivity contribution in [3.8, 4) is 11.5 Å². The average molecular weight is 223 g/mol. The molecule has 0 amide bonds. The highest BCUT2D eigenvalue weighted by Gasteiger charge is 2.09. The summed E-state index contributed by atoms with van der Waals surface area (Å²) in [6.45, 7) is 4.15. The second kappa shape index (κ2) is 3.74. The van der Waals surface area contributed by atoms with Gasteiger partial charge < -0.3 is 4.42 Å². The van der Waals surface area contributed by atoms with E-state index in [4.69, 9.17) is 4.42 Å². The first-order valence-electron chi connectivity index (χ1n) is 5.67. The molecule has 0 aliphatic heterocycles. The number of hydrogen-bond donors (Lipinski definition) is 0. The van der Waals surface area contributed by atoms with E-state index in [1.807, 2.05) is 24.3 Å². The number of aryl methyl sites for hydroxylation is 2. The van der Waals surface area contributed by atoms with Crippen molar-refractivity contribution in [2.75, 3.05) is 0 Å². The van der Waals surface area contributed by atoms with Gasteiger partial charge in [0, 0.05) is 5.56 Å². The third-order valence-electron chi connectivity index (χ3n) is 2.92. The summed E-state index contributed by atoms with van der Waals surface area (Å²) in [5.41, 5.74) is 5.21. The van der Waals surface area contributed by atoms with Gasteiger partial charge in [0.1, 0.15) is 5.52 Å². The lowest BCUT2D eigenvalue weighted by molar-refractivity contribution is 0.619. The van der Waals surface area contributed by atoms with Gasteiger partial charge in [0.05, 0.1) is 0 Å². The molecule has 2 nitrogen and oxygen atoms in total. The maximum atomic E-state index is 5.78. The lowest BCUT2D eigenvalue weighted by Gasteiger charge is -2.02. The fraction of sp³-hybridized carbons (Fsp3) is 0.133. The minimum absolute atomic E-state index is 0.701. The standard InChI is InChI=1S/C15H13NO/c1-10-7-8-11(2)12(9-10)15-16-13-5-3-4-6-14(13)17-15/h3-9H,1-2H3. The summed E-state index contributed by atoms with van der Waals surface area (Å²) in [6.07, 6.45) is 0. The molecule has 0 N–H and O–H groups in total. The molecule has 2 heteroatoms. The zero-order valence-electron chi connectivity index (χ0n) is 9.90. The second-order valence-electron chi connectivity index (χ2n) is 4.31. The Balaban J connectivity index is 2.23. The first kappa shape index (κ1) is 10.1. The fourth-order valence-corrected chi connectivity index (χ4v) is 1.95. The van der Waals surface area contributed by atoms with Crippen LogP contribution < -0.4 is 0 Å². The summed E-state index contributed by atoms with van der Waals surface area (Å²) >= 11 is 0. The molecule has 0 saturated carbocycles. The molecule has 3 rings (SSSR count). The maximum absolute atomic E-state index is 5.78. The molecule has 2 aromatic carbocycles. The SMILES string of the molecule is Cc1ccc(C)c(-c2nc3ccccc3o2)c1. The van der Waals surface area contributed by atoms with Gasteiger partial charge in [-0.2, -0.15) is 0 Å². The maximum Gasteiger partial charge on any atom is 0.227 e. The average Bonchev–Trinajstić information content (AvgIpc) is 2.75. The van der Waals surface area contributed by atoms with Crippen molar-refractivity contribution in [3.63, 3.8) is 0 Å². The summed E-state index contributed by atoms with van der Waals surface area (Å²) < 4.78 is 5.78. The summed E-state index contributed by atoms with van der Waals surface area (Å²) in [7, 11) is 0. The molecule has 0 saturated heterocycles. The number of para-hydroxylation sites is 2. The number of nitrogens with zero attached hydrogens (tertiary/aromatic N) is 1. The van der Waals surface area contributed by atoms with Crippen LogP contribution in [-0.4, -0.2) is 4.98 Å². The Hall–Kier alpha value is -2.09. The molecule has 1 aromatic heterocycles. The van der Waals surface area contributed by atoms with Gasteiger partial charge in [0.2, 0.25) is 5.89 Å². The molecule has 0 spiro atoms. The van der Waals surface area contributed by atoms with E-state index in [0.717, 1.165) is 16.7 Å². The van der Waals surface area contributed by atoms with Crippen LogP contribution in [0.3, 0.4) is 0 Å². The Morgan fingerprint density at radius 1 is 1.00 bits per heavy atom. The van der Waals surface area contributed by atoms with Gasteiger partial charge >= 0.3 is 0 Å². The third-order valence-corrected chi connectivity index (χ3v) is 2.92. The highest BCUT2D eigenvalue weighted by atomic mass is 16.3. The molecule has 0 aliphatic rings. The third kappa shape index (κ3) is 1.72. The summed E-state index contributed by atoms with van der Waals surface area (Å²) in [5.74, 6) is 0.701. The van der Waals surface area contributed by atoms with Crippen molar-refractivity contribution >= 4 is 11.1 Å². The van der Waals surface area contributed by atoms with Gasteiger partial charge in [-0.05, 0) is 37.6 Å². The van der Waals surface area contributed by atoms with Crippen LogP contribution in [0, 0.1) is 13.8 Å². The van der Waals surface area contributed by atoms with E-state index in [0.29, 0.717) is 5.89 Å². The molecule has 0 bridgehead atoms. The molecular weight excluding hydrogens is 210 g/mol. The number of hydrogen-bond acceptors (Lipinski definition) is 2. The molecule has 3 aromatic rings. The molecule has 0 unspecified atom stereocenters. The van der Waals surface area contributed by atoms with E-state index in [1.54, 1.807) is 0 Å². The van der Waals surface area contributed by atoms with E-state index in [-0.39, 0.29) is 0 Å². The zero-order valence-corrected chi connectivity index (χ0v) is 9.90. The smallest absolute Gasteiger partial charge is 0.227 e. The van der Waals surface area contributed by atoms with E-state index >= 15 is 0 Å². The Kier molecular flexibility index (Phi) is 2.22. The van der Waals surface area contributed by atoms with Crippen LogP contribution in [0.2, 0.25) is 0 Å². The van der Waals surface area contributed by atoms with Gasteiger partial charge in [-0.25, -0.2) is 4.98 Å². The van der Waals surface area contributed by atoms with Crippen molar-refractivity contribution in [3.05, 3.63) is 53.6 Å². The Bertz CT molecular complexity index is 649. The summed E-state index contributed by atoms with van der Waals surface area (Å²) in [6, 6.07) is 14.1. The molecule has 0 atom stereocenters. The number of aromatic nitrogens is 1. The lowest BCUT2D eigenvalue weighted by Crippen LogP contribution is -1.84. The van der Waals surface area contributed by atoms with Crippen LogP contribution in [0.1, 0.15) is 11.1 Å². The van der Waals surface area contributed by atoms with E-state index in [9.17, 15) is 0 Å². The Morgan fingerprint density at radius 3 is 2.65 bits per heavy atom. The number of fused-ring (bicyclic) bond motifs is 1. The van der Waals surface area contributed by atoms with Crippen molar-refractivity contribution < 1.29 is 4.42 Å². The first-order valence-corrected chi connectivity index (χ1v) is 5.67. The largest absolute Gasteiger partial charge is 0.436 e. The van der Waals surface area contributed by atoms with E-state index < -0.39 is 0 Å². The van der Waals surface area contributed by atoms with Crippen LogP contribution in [-0.2, 0) is 0 Å². The van der Waals surface area contributed by atoms with Gasteiger partial charge in [-0.15, -0.1) is 0 Å². The van der Waals surface area contributed by atoms with Crippen LogP contribution in [0.4, 0.5) is 0 Å². The predicted molar refractivity (Wildman–Crippen MR) is 68.9 cm³/mol. The first-order chi connectivity index (χ1) is 8.24. The number of oxazole rings is 1. The van der Waals surface area contributed by atoms with Crippen LogP contribution in [0.5, 0.6) is 0 Å². The van der Waals surface area contributed by atoms with Crippen molar-refractivity contribution in [1.82, 2.24) is 4.98 Å². The minimum Gasteiger partial charge on any atom is -0.436 e.